The van der Waals surface area contributed by atoms with E-state index in [-0.39, 0.29) is 50.8 Å². The zero-order chi connectivity index (χ0) is 26.4. The van der Waals surface area contributed by atoms with E-state index in [9.17, 15) is 24.3 Å². The van der Waals surface area contributed by atoms with Crippen molar-refractivity contribution < 1.29 is 24.3 Å². The van der Waals surface area contributed by atoms with Gasteiger partial charge in [-0.2, -0.15) is 5.01 Å². The van der Waals surface area contributed by atoms with Gasteiger partial charge in [0.15, 0.2) is 0 Å². The highest BCUT2D eigenvalue weighted by Crippen LogP contribution is 2.29. The molecule has 2 aliphatic rings. The third-order valence-corrected chi connectivity index (χ3v) is 7.37. The van der Waals surface area contributed by atoms with Crippen LogP contribution in [0.25, 0.3) is 0 Å². The highest BCUT2D eigenvalue weighted by atomic mass is 32.1. The van der Waals surface area contributed by atoms with Crippen LogP contribution >= 0.6 is 11.3 Å². The molecule has 1 aromatic carbocycles. The summed E-state index contributed by atoms with van der Waals surface area (Å²) in [5.41, 5.74) is 0.903. The van der Waals surface area contributed by atoms with Crippen molar-refractivity contribution in [2.75, 3.05) is 26.2 Å². The number of carbonyl (C=O) groups excluding carboxylic acids is 3. The molecule has 0 bridgehead atoms. The molecule has 0 aliphatic carbocycles. The number of aliphatic carboxylic acids is 1. The highest BCUT2D eigenvalue weighted by Gasteiger charge is 2.51. The van der Waals surface area contributed by atoms with E-state index >= 15 is 0 Å². The molecule has 37 heavy (non-hydrogen) atoms. The number of fused-ring (bicyclic) bond motifs is 1. The van der Waals surface area contributed by atoms with E-state index in [4.69, 9.17) is 6.42 Å². The summed E-state index contributed by atoms with van der Waals surface area (Å²) in [5.74, 6) is 0.770. The Morgan fingerprint density at radius 2 is 1.95 bits per heavy atom. The predicted molar refractivity (Wildman–Crippen MR) is 137 cm³/mol. The van der Waals surface area contributed by atoms with E-state index in [1.807, 2.05) is 47.8 Å². The van der Waals surface area contributed by atoms with Crippen LogP contribution in [0.2, 0.25) is 0 Å². The molecule has 10 nitrogen and oxygen atoms in total. The number of carboxylic acids is 1. The molecule has 0 unspecified atom stereocenters. The van der Waals surface area contributed by atoms with Crippen molar-refractivity contribution in [3.8, 4) is 12.3 Å². The number of hydrazine groups is 1. The Morgan fingerprint density at radius 1 is 1.16 bits per heavy atom. The molecule has 3 heterocycles. The van der Waals surface area contributed by atoms with Crippen LogP contribution < -0.4 is 5.32 Å². The summed E-state index contributed by atoms with van der Waals surface area (Å²) in [7, 11) is 0. The van der Waals surface area contributed by atoms with Crippen LogP contribution in [0.5, 0.6) is 0 Å². The summed E-state index contributed by atoms with van der Waals surface area (Å²) in [6.07, 6.45) is 5.04. The smallest absolute Gasteiger partial charge is 0.334 e. The average molecular weight is 524 g/mol. The third kappa shape index (κ3) is 6.10. The number of urea groups is 1. The van der Waals surface area contributed by atoms with Crippen molar-refractivity contribution in [1.29, 1.82) is 0 Å². The van der Waals surface area contributed by atoms with Crippen LogP contribution in [0.15, 0.2) is 47.8 Å². The van der Waals surface area contributed by atoms with Crippen LogP contribution in [-0.4, -0.2) is 87.1 Å². The van der Waals surface area contributed by atoms with Crippen molar-refractivity contribution >= 4 is 35.2 Å². The number of carbonyl (C=O) groups is 4. The number of nitrogens with one attached hydrogen (secondary N) is 1. The zero-order valence-electron chi connectivity index (χ0n) is 20.3. The summed E-state index contributed by atoms with van der Waals surface area (Å²) in [6.45, 7) is 0.586. The van der Waals surface area contributed by atoms with Gasteiger partial charge >= 0.3 is 12.0 Å². The number of thiophene rings is 1. The summed E-state index contributed by atoms with van der Waals surface area (Å²) >= 11 is 1.58. The molecular formula is C26H29N5O5S. The summed E-state index contributed by atoms with van der Waals surface area (Å²) in [6, 6.07) is 11.9. The van der Waals surface area contributed by atoms with E-state index in [1.54, 1.807) is 16.2 Å². The largest absolute Gasteiger partial charge is 0.481 e. The molecule has 194 valence electrons. The summed E-state index contributed by atoms with van der Waals surface area (Å²) in [5, 5.41) is 17.1. The van der Waals surface area contributed by atoms with E-state index in [0.717, 1.165) is 10.4 Å². The number of hydrogen-bond donors (Lipinski definition) is 2. The van der Waals surface area contributed by atoms with Crippen molar-refractivity contribution in [3.63, 3.8) is 0 Å². The number of benzene rings is 1. The number of hydrogen-bond acceptors (Lipinski definition) is 6. The normalized spacial score (nSPS) is 19.9. The molecule has 11 heteroatoms. The molecule has 4 rings (SSSR count). The minimum Gasteiger partial charge on any atom is -0.481 e. The van der Waals surface area contributed by atoms with Crippen LogP contribution in [-0.2, 0) is 27.3 Å². The van der Waals surface area contributed by atoms with Gasteiger partial charge in [0.2, 0.25) is 11.8 Å². The molecule has 1 aromatic heterocycles. The summed E-state index contributed by atoms with van der Waals surface area (Å²) in [4.78, 5) is 55.7. The van der Waals surface area contributed by atoms with Gasteiger partial charge in [0, 0.05) is 24.4 Å². The van der Waals surface area contributed by atoms with Gasteiger partial charge in [-0.3, -0.25) is 14.4 Å². The van der Waals surface area contributed by atoms with Crippen LogP contribution in [0, 0.1) is 12.3 Å². The molecule has 4 amide bonds. The lowest BCUT2D eigenvalue weighted by Crippen LogP contribution is -2.76. The zero-order valence-corrected chi connectivity index (χ0v) is 21.1. The maximum absolute atomic E-state index is 13.5. The van der Waals surface area contributed by atoms with E-state index in [2.05, 4.69) is 11.2 Å². The average Bonchev–Trinajstić information content (AvgIpc) is 3.40. The van der Waals surface area contributed by atoms with Gasteiger partial charge < -0.3 is 20.2 Å². The Bertz CT molecular complexity index is 1170. The molecule has 0 spiro atoms. The number of piperazine rings is 1. The van der Waals surface area contributed by atoms with Gasteiger partial charge in [-0.25, -0.2) is 9.80 Å². The second kappa shape index (κ2) is 11.9. The molecule has 2 N–H and O–H groups in total. The maximum atomic E-state index is 13.5. The molecule has 2 fully saturated rings. The van der Waals surface area contributed by atoms with E-state index < -0.39 is 24.2 Å². The highest BCUT2D eigenvalue weighted by molar-refractivity contribution is 7.09. The van der Waals surface area contributed by atoms with E-state index in [1.165, 1.54) is 14.9 Å². The van der Waals surface area contributed by atoms with Crippen molar-refractivity contribution in [2.45, 2.75) is 38.0 Å². The van der Waals surface area contributed by atoms with Gasteiger partial charge in [-0.15, -0.1) is 17.8 Å². The number of amides is 4. The van der Waals surface area contributed by atoms with Crippen molar-refractivity contribution in [2.24, 2.45) is 0 Å². The lowest BCUT2D eigenvalue weighted by atomic mass is 10.0. The first kappa shape index (κ1) is 26.2. The van der Waals surface area contributed by atoms with Gasteiger partial charge in [-0.1, -0.05) is 42.3 Å². The fourth-order valence-electron chi connectivity index (χ4n) is 4.73. The van der Waals surface area contributed by atoms with Gasteiger partial charge in [0.1, 0.15) is 12.2 Å². The monoisotopic (exact) mass is 523 g/mol. The lowest BCUT2D eigenvalue weighted by Gasteiger charge is -2.54. The predicted octanol–water partition coefficient (Wildman–Crippen LogP) is 1.60. The molecule has 2 saturated heterocycles. The number of carboxylic acid groups (broad SMARTS) is 1. The van der Waals surface area contributed by atoms with E-state index in [0.29, 0.717) is 13.0 Å². The minimum atomic E-state index is -1.06. The van der Waals surface area contributed by atoms with Crippen molar-refractivity contribution in [1.82, 2.24) is 25.1 Å². The first-order valence-corrected chi connectivity index (χ1v) is 12.9. The van der Waals surface area contributed by atoms with Gasteiger partial charge in [-0.05, 0) is 29.9 Å². The summed E-state index contributed by atoms with van der Waals surface area (Å²) < 4.78 is 0. The number of nitrogens with zero attached hydrogens (tertiary/aromatic N) is 4. The second-order valence-electron chi connectivity index (χ2n) is 8.86. The standard InChI is InChI=1S/C26H29N5O5S/c1-2-13-29-18-23(32)30-21(10-11-24(33)34)25(35)28(14-12-20-9-6-15-37-20)17-22(30)31(29)26(36)27-16-19-7-4-3-5-8-19/h1,3-9,15,21-22H,10-14,16-18H2,(H,27,36)(H,33,34)/t21-,22-/m0/s1. The quantitative estimate of drug-likeness (QED) is 0.483. The van der Waals surface area contributed by atoms with Crippen LogP contribution in [0.3, 0.4) is 0 Å². The van der Waals surface area contributed by atoms with Gasteiger partial charge in [0.05, 0.1) is 19.6 Å². The second-order valence-corrected chi connectivity index (χ2v) is 9.89. The molecule has 2 aromatic rings. The molecule has 2 aliphatic heterocycles. The van der Waals surface area contributed by atoms with Crippen LogP contribution in [0.4, 0.5) is 4.79 Å². The first-order chi connectivity index (χ1) is 17.9. The molecule has 0 radical (unpaired) electrons. The fraction of sp³-hybridized carbons (Fsp3) is 0.385. The maximum Gasteiger partial charge on any atom is 0.334 e. The first-order valence-electron chi connectivity index (χ1n) is 12.0. The Kier molecular flexibility index (Phi) is 8.43. The lowest BCUT2D eigenvalue weighted by molar-refractivity contribution is -0.189. The number of terminal acetylenes is 1. The molecule has 0 saturated carbocycles. The number of rotatable bonds is 9. The Hall–Kier alpha value is -3.88. The van der Waals surface area contributed by atoms with Gasteiger partial charge in [0.25, 0.3) is 0 Å². The molecule has 2 atom stereocenters. The van der Waals surface area contributed by atoms with Crippen molar-refractivity contribution in [3.05, 3.63) is 58.3 Å². The third-order valence-electron chi connectivity index (χ3n) is 6.44. The SMILES string of the molecule is C#CCN1CC(=O)N2[C@@H](CCC(=O)O)C(=O)N(CCc3cccs3)C[C@@H]2N1C(=O)NCc1ccccc1. The Balaban J connectivity index is 1.61. The Labute approximate surface area is 219 Å². The fourth-order valence-corrected chi connectivity index (χ4v) is 5.43. The topological polar surface area (TPSA) is 114 Å². The molecular weight excluding hydrogens is 494 g/mol. The van der Waals surface area contributed by atoms with Crippen LogP contribution in [0.1, 0.15) is 23.3 Å². The minimum absolute atomic E-state index is 0.0256. The Morgan fingerprint density at radius 3 is 2.62 bits per heavy atom.